The van der Waals surface area contributed by atoms with E-state index < -0.39 is 11.7 Å². The molecule has 1 aliphatic carbocycles. The molecule has 0 saturated carbocycles. The van der Waals surface area contributed by atoms with Crippen molar-refractivity contribution in [1.82, 2.24) is 24.3 Å². The van der Waals surface area contributed by atoms with Gasteiger partial charge in [0.25, 0.3) is 0 Å². The summed E-state index contributed by atoms with van der Waals surface area (Å²) < 4.78 is 37.1. The number of aryl methyl sites for hydroxylation is 2. The highest BCUT2D eigenvalue weighted by Gasteiger charge is 2.27. The van der Waals surface area contributed by atoms with Crippen molar-refractivity contribution in [2.24, 2.45) is 0 Å². The van der Waals surface area contributed by atoms with Crippen molar-refractivity contribution in [3.63, 3.8) is 0 Å². The molecule has 8 heteroatoms. The number of rotatable bonds is 5. The third-order valence-electron chi connectivity index (χ3n) is 6.12. The highest BCUT2D eigenvalue weighted by atomic mass is 19.2. The zero-order valence-corrected chi connectivity index (χ0v) is 19.1. The molecule has 0 radical (unpaired) electrons. The second-order valence-electron chi connectivity index (χ2n) is 8.45. The molecule has 174 valence electrons. The number of allylic oxidation sites excluding steroid dienone is 6. The van der Waals surface area contributed by atoms with Gasteiger partial charge in [0, 0.05) is 18.7 Å². The molecule has 3 aromatic rings. The van der Waals surface area contributed by atoms with Gasteiger partial charge in [-0.2, -0.15) is 5.10 Å². The van der Waals surface area contributed by atoms with Crippen LogP contribution in [0.2, 0.25) is 0 Å². The molecule has 0 saturated heterocycles. The minimum Gasteiger partial charge on any atom is -0.495 e. The summed E-state index contributed by atoms with van der Waals surface area (Å²) in [6.45, 7) is 2.70. The van der Waals surface area contributed by atoms with Crippen molar-refractivity contribution in [2.75, 3.05) is 7.11 Å². The molecule has 6 nitrogen and oxygen atoms in total. The Morgan fingerprint density at radius 3 is 2.85 bits per heavy atom. The van der Waals surface area contributed by atoms with Crippen LogP contribution >= 0.6 is 0 Å². The Hall–Kier alpha value is -3.81. The van der Waals surface area contributed by atoms with Crippen LogP contribution < -0.4 is 4.74 Å². The fourth-order valence-electron chi connectivity index (χ4n) is 4.44. The lowest BCUT2D eigenvalue weighted by atomic mass is 9.88. The van der Waals surface area contributed by atoms with Crippen LogP contribution in [0.1, 0.15) is 48.1 Å². The van der Waals surface area contributed by atoms with Gasteiger partial charge in [0.05, 0.1) is 24.8 Å². The molecule has 1 aliphatic heterocycles. The summed E-state index contributed by atoms with van der Waals surface area (Å²) in [6.07, 6.45) is 13.9. The molecule has 34 heavy (non-hydrogen) atoms. The first-order valence-electron chi connectivity index (χ1n) is 11.3. The summed E-state index contributed by atoms with van der Waals surface area (Å²) in [7, 11) is 1.64. The second kappa shape index (κ2) is 9.21. The Bertz CT molecular complexity index is 1340. The van der Waals surface area contributed by atoms with Gasteiger partial charge in [0.1, 0.15) is 11.6 Å². The minimum absolute atomic E-state index is 0.0808. The molecule has 5 rings (SSSR count). The fraction of sp³-hybridized carbons (Fsp3) is 0.269. The van der Waals surface area contributed by atoms with Crippen LogP contribution in [-0.2, 0) is 6.54 Å². The number of hydrogen-bond acceptors (Lipinski definition) is 4. The molecule has 0 N–H and O–H groups in total. The van der Waals surface area contributed by atoms with Gasteiger partial charge in [0.2, 0.25) is 0 Å². The summed E-state index contributed by atoms with van der Waals surface area (Å²) in [5, 5.41) is 4.63. The summed E-state index contributed by atoms with van der Waals surface area (Å²) in [4.78, 5) is 9.01. The summed E-state index contributed by atoms with van der Waals surface area (Å²) in [5.74, 6) is 0.366. The molecular weight excluding hydrogens is 436 g/mol. The average Bonchev–Trinajstić information content (AvgIpc) is 3.43. The number of ether oxygens (including phenoxy) is 1. The molecule has 3 heterocycles. The van der Waals surface area contributed by atoms with Gasteiger partial charge in [-0.15, -0.1) is 0 Å². The summed E-state index contributed by atoms with van der Waals surface area (Å²) >= 11 is 0. The van der Waals surface area contributed by atoms with Crippen LogP contribution in [0.3, 0.4) is 0 Å². The molecule has 2 aromatic heterocycles. The molecule has 1 aromatic carbocycles. The zero-order chi connectivity index (χ0) is 23.7. The van der Waals surface area contributed by atoms with E-state index in [9.17, 15) is 8.78 Å². The van der Waals surface area contributed by atoms with Crippen LogP contribution in [0.15, 0.2) is 66.2 Å². The maximum absolute atomic E-state index is 14.0. The number of nitrogens with zero attached hydrogens (tertiary/aromatic N) is 5. The smallest absolute Gasteiger partial charge is 0.174 e. The summed E-state index contributed by atoms with van der Waals surface area (Å²) in [5.41, 5.74) is 3.60. The number of fused-ring (bicyclic) bond motifs is 1. The van der Waals surface area contributed by atoms with Gasteiger partial charge >= 0.3 is 0 Å². The first-order chi connectivity index (χ1) is 16.5. The first kappa shape index (κ1) is 22.0. The minimum atomic E-state index is -0.833. The molecule has 1 atom stereocenters. The Morgan fingerprint density at radius 1 is 1.18 bits per heavy atom. The van der Waals surface area contributed by atoms with E-state index in [0.29, 0.717) is 12.2 Å². The van der Waals surface area contributed by atoms with Crippen molar-refractivity contribution < 1.29 is 13.5 Å². The Morgan fingerprint density at radius 2 is 2.06 bits per heavy atom. The molecule has 0 amide bonds. The van der Waals surface area contributed by atoms with Gasteiger partial charge in [-0.25, -0.2) is 23.4 Å². The van der Waals surface area contributed by atoms with Crippen molar-refractivity contribution >= 4 is 12.2 Å². The fourth-order valence-corrected chi connectivity index (χ4v) is 4.44. The van der Waals surface area contributed by atoms with Crippen LogP contribution in [0.5, 0.6) is 5.75 Å². The highest BCUT2D eigenvalue weighted by molar-refractivity contribution is 5.69. The molecule has 2 aliphatic rings. The summed E-state index contributed by atoms with van der Waals surface area (Å²) in [6, 6.07) is 5.93. The number of aromatic nitrogens is 5. The lowest BCUT2D eigenvalue weighted by Crippen LogP contribution is -2.18. The number of hydrogen-bond donors (Lipinski definition) is 0. The molecule has 0 unspecified atom stereocenters. The standard InChI is InChI=1S/C26H25F2N5O/c1-17-15-32(16-29-17)23-10-8-18(13-24(23)34-2)9-11-25-30-26-20(6-4-12-33(26)31-25)19-5-3-7-21(27)22(28)14-19/h3,7-11,13-16,20H,4-6,12H2,1-2H3/b11-9+/t20-/m1/s1. The Labute approximate surface area is 196 Å². The second-order valence-corrected chi connectivity index (χ2v) is 8.45. The van der Waals surface area contributed by atoms with Crippen molar-refractivity contribution in [2.45, 2.75) is 38.6 Å². The van der Waals surface area contributed by atoms with E-state index >= 15 is 0 Å². The SMILES string of the molecule is COc1cc(/C=C/c2nc3n(n2)CCC[C@@H]3C2=CC(F)=C(F)C=CC2)ccc1-n1cnc(C)c1. The molecule has 0 spiro atoms. The third-order valence-corrected chi connectivity index (χ3v) is 6.12. The topological polar surface area (TPSA) is 57.8 Å². The van der Waals surface area contributed by atoms with Gasteiger partial charge in [-0.3, -0.25) is 0 Å². The predicted molar refractivity (Wildman–Crippen MR) is 127 cm³/mol. The van der Waals surface area contributed by atoms with Crippen LogP contribution in [0.4, 0.5) is 8.78 Å². The number of benzene rings is 1. The van der Waals surface area contributed by atoms with Crippen LogP contribution in [0.25, 0.3) is 17.8 Å². The van der Waals surface area contributed by atoms with Crippen LogP contribution in [-0.4, -0.2) is 31.4 Å². The third kappa shape index (κ3) is 4.35. The van der Waals surface area contributed by atoms with Gasteiger partial charge < -0.3 is 9.30 Å². The first-order valence-corrected chi connectivity index (χ1v) is 11.3. The lowest BCUT2D eigenvalue weighted by Gasteiger charge is -2.24. The lowest BCUT2D eigenvalue weighted by molar-refractivity contribution is 0.413. The van der Waals surface area contributed by atoms with Crippen molar-refractivity contribution in [3.05, 3.63) is 89.1 Å². The van der Waals surface area contributed by atoms with E-state index in [4.69, 9.17) is 9.72 Å². The number of halogens is 2. The zero-order valence-electron chi connectivity index (χ0n) is 19.1. The molecule has 0 bridgehead atoms. The normalized spacial score (nSPS) is 18.2. The maximum atomic E-state index is 14.0. The van der Waals surface area contributed by atoms with Gasteiger partial charge in [-0.1, -0.05) is 23.8 Å². The van der Waals surface area contributed by atoms with E-state index in [1.165, 1.54) is 12.2 Å². The molecular formula is C26H25F2N5O. The maximum Gasteiger partial charge on any atom is 0.174 e. The molecule has 0 fully saturated rings. The predicted octanol–water partition coefficient (Wildman–Crippen LogP) is 5.87. The van der Waals surface area contributed by atoms with Crippen LogP contribution in [0, 0.1) is 6.92 Å². The highest BCUT2D eigenvalue weighted by Crippen LogP contribution is 2.36. The van der Waals surface area contributed by atoms with E-state index in [1.807, 2.05) is 52.7 Å². The van der Waals surface area contributed by atoms with Crippen molar-refractivity contribution in [3.8, 4) is 11.4 Å². The van der Waals surface area contributed by atoms with E-state index in [1.54, 1.807) is 19.5 Å². The van der Waals surface area contributed by atoms with Crippen molar-refractivity contribution in [1.29, 1.82) is 0 Å². The average molecular weight is 462 g/mol. The number of imidazole rings is 1. The van der Waals surface area contributed by atoms with E-state index in [0.717, 1.165) is 53.5 Å². The largest absolute Gasteiger partial charge is 0.495 e. The quantitative estimate of drug-likeness (QED) is 0.477. The van der Waals surface area contributed by atoms with E-state index in [-0.39, 0.29) is 5.92 Å². The monoisotopic (exact) mass is 461 g/mol. The van der Waals surface area contributed by atoms with E-state index in [2.05, 4.69) is 10.1 Å². The van der Waals surface area contributed by atoms with Gasteiger partial charge in [0.15, 0.2) is 17.5 Å². The Kier molecular flexibility index (Phi) is 5.96. The Balaban J connectivity index is 1.40. The van der Waals surface area contributed by atoms with Gasteiger partial charge in [-0.05, 0) is 62.1 Å². The number of methoxy groups -OCH3 is 1.